The van der Waals surface area contributed by atoms with Gasteiger partial charge in [0.05, 0.1) is 6.10 Å². The van der Waals surface area contributed by atoms with E-state index in [-0.39, 0.29) is 12.0 Å². The Kier molecular flexibility index (Phi) is 3.44. The van der Waals surface area contributed by atoms with Gasteiger partial charge in [0.15, 0.2) is 0 Å². The summed E-state index contributed by atoms with van der Waals surface area (Å²) in [5.41, 5.74) is 0. The second-order valence-electron chi connectivity index (χ2n) is 2.10. The zero-order chi connectivity index (χ0) is 6.57. The average Bonchev–Trinajstić information content (AvgIpc) is 1.65. The summed E-state index contributed by atoms with van der Waals surface area (Å²) in [5, 5.41) is 8.68. The van der Waals surface area contributed by atoms with Crippen LogP contribution in [0.25, 0.3) is 0 Å². The number of hydrogen-bond acceptors (Lipinski definition) is 2. The number of rotatable bonds is 3. The van der Waals surface area contributed by atoms with Gasteiger partial charge in [0.25, 0.3) is 0 Å². The number of hydrogen-bond donors (Lipinski definition) is 1. The Morgan fingerprint density at radius 2 is 2.12 bits per heavy atom. The first-order valence-electron chi connectivity index (χ1n) is 2.72. The van der Waals surface area contributed by atoms with Crippen molar-refractivity contribution in [1.29, 1.82) is 0 Å². The van der Waals surface area contributed by atoms with Crippen molar-refractivity contribution in [2.24, 2.45) is 5.92 Å². The lowest BCUT2D eigenvalue weighted by Crippen LogP contribution is -2.07. The lowest BCUT2D eigenvalue weighted by atomic mass is 10.1. The molecule has 0 aliphatic carbocycles. The van der Waals surface area contributed by atoms with Gasteiger partial charge in [-0.1, -0.05) is 6.92 Å². The monoisotopic (exact) mass is 115 g/mol. The standard InChI is InChI=1S/C6H11O2/c1-5(4-7)3-6(2)8/h5-6,8H,3H2,1-2H3. The van der Waals surface area contributed by atoms with E-state index in [4.69, 9.17) is 5.11 Å². The van der Waals surface area contributed by atoms with Gasteiger partial charge < -0.3 is 5.11 Å². The van der Waals surface area contributed by atoms with Crippen molar-refractivity contribution in [2.75, 3.05) is 0 Å². The molecule has 0 amide bonds. The van der Waals surface area contributed by atoms with Crippen LogP contribution in [0, 0.1) is 5.92 Å². The number of aliphatic hydroxyl groups excluding tert-OH is 1. The van der Waals surface area contributed by atoms with Gasteiger partial charge in [-0.3, -0.25) is 4.79 Å². The van der Waals surface area contributed by atoms with E-state index in [0.29, 0.717) is 6.42 Å². The summed E-state index contributed by atoms with van der Waals surface area (Å²) in [6, 6.07) is 0. The van der Waals surface area contributed by atoms with E-state index in [9.17, 15) is 4.79 Å². The van der Waals surface area contributed by atoms with E-state index < -0.39 is 0 Å². The largest absolute Gasteiger partial charge is 0.393 e. The molecule has 2 nitrogen and oxygen atoms in total. The van der Waals surface area contributed by atoms with Crippen molar-refractivity contribution >= 4 is 6.29 Å². The molecule has 47 valence electrons. The minimum Gasteiger partial charge on any atom is -0.393 e. The Labute approximate surface area is 49.5 Å². The van der Waals surface area contributed by atoms with E-state index in [1.165, 1.54) is 0 Å². The third-order valence-corrected chi connectivity index (χ3v) is 0.896. The van der Waals surface area contributed by atoms with E-state index in [0.717, 1.165) is 0 Å². The zero-order valence-electron chi connectivity index (χ0n) is 5.22. The van der Waals surface area contributed by atoms with Gasteiger partial charge in [0.2, 0.25) is 6.29 Å². The van der Waals surface area contributed by atoms with Crippen molar-refractivity contribution in [3.63, 3.8) is 0 Å². The smallest absolute Gasteiger partial charge is 0.201 e. The van der Waals surface area contributed by atoms with Crippen LogP contribution in [0.5, 0.6) is 0 Å². The van der Waals surface area contributed by atoms with E-state index in [1.54, 1.807) is 20.1 Å². The van der Waals surface area contributed by atoms with Crippen LogP contribution in [0.15, 0.2) is 0 Å². The third-order valence-electron chi connectivity index (χ3n) is 0.896. The van der Waals surface area contributed by atoms with Gasteiger partial charge in [-0.05, 0) is 13.3 Å². The Morgan fingerprint density at radius 3 is 2.25 bits per heavy atom. The molecule has 2 heteroatoms. The minimum absolute atomic E-state index is 0.130. The molecule has 0 aliphatic heterocycles. The molecule has 0 aromatic rings. The molecular formula is C6H11O2. The van der Waals surface area contributed by atoms with Crippen molar-refractivity contribution in [1.82, 2.24) is 0 Å². The lowest BCUT2D eigenvalue weighted by Gasteiger charge is -2.03. The first kappa shape index (κ1) is 7.63. The molecule has 0 aliphatic rings. The van der Waals surface area contributed by atoms with Crippen LogP contribution in [-0.4, -0.2) is 17.5 Å². The Hall–Kier alpha value is -0.370. The Bertz CT molecular complexity index is 68.9. The molecule has 0 rings (SSSR count). The van der Waals surface area contributed by atoms with E-state index in [2.05, 4.69) is 0 Å². The van der Waals surface area contributed by atoms with Gasteiger partial charge in [-0.2, -0.15) is 0 Å². The Balaban J connectivity index is 3.23. The lowest BCUT2D eigenvalue weighted by molar-refractivity contribution is 0.174. The molecule has 0 spiro atoms. The quantitative estimate of drug-likeness (QED) is 0.581. The van der Waals surface area contributed by atoms with Crippen LogP contribution in [0.3, 0.4) is 0 Å². The molecule has 0 heterocycles. The summed E-state index contributed by atoms with van der Waals surface area (Å²) in [6.07, 6.45) is 1.92. The molecule has 0 aromatic heterocycles. The molecule has 0 aromatic carbocycles. The Morgan fingerprint density at radius 1 is 1.62 bits per heavy atom. The molecule has 2 atom stereocenters. The fourth-order valence-electron chi connectivity index (χ4n) is 0.560. The summed E-state index contributed by atoms with van der Waals surface area (Å²) in [6.45, 7) is 3.40. The van der Waals surface area contributed by atoms with Gasteiger partial charge in [0.1, 0.15) is 0 Å². The predicted molar refractivity (Wildman–Crippen MR) is 31.2 cm³/mol. The molecule has 1 radical (unpaired) electrons. The van der Waals surface area contributed by atoms with Crippen LogP contribution < -0.4 is 0 Å². The highest BCUT2D eigenvalue weighted by atomic mass is 16.3. The van der Waals surface area contributed by atoms with Gasteiger partial charge >= 0.3 is 0 Å². The van der Waals surface area contributed by atoms with E-state index in [1.807, 2.05) is 0 Å². The first-order chi connectivity index (χ1) is 3.66. The highest BCUT2D eigenvalue weighted by Gasteiger charge is 2.03. The number of carbonyl (C=O) groups excluding carboxylic acids is 1. The fraction of sp³-hybridized carbons (Fsp3) is 0.833. The first-order valence-corrected chi connectivity index (χ1v) is 2.72. The maximum absolute atomic E-state index is 9.80. The summed E-state index contributed by atoms with van der Waals surface area (Å²) in [7, 11) is 0. The van der Waals surface area contributed by atoms with Crippen molar-refractivity contribution in [3.05, 3.63) is 0 Å². The van der Waals surface area contributed by atoms with Crippen LogP contribution >= 0.6 is 0 Å². The minimum atomic E-state index is -0.383. The van der Waals surface area contributed by atoms with Crippen LogP contribution in [-0.2, 0) is 4.79 Å². The maximum atomic E-state index is 9.80. The molecule has 0 bridgehead atoms. The van der Waals surface area contributed by atoms with Gasteiger partial charge in [-0.25, -0.2) is 0 Å². The van der Waals surface area contributed by atoms with Gasteiger partial charge in [-0.15, -0.1) is 0 Å². The van der Waals surface area contributed by atoms with Crippen molar-refractivity contribution < 1.29 is 9.90 Å². The fourth-order valence-corrected chi connectivity index (χ4v) is 0.560. The van der Waals surface area contributed by atoms with Crippen LogP contribution in [0.1, 0.15) is 20.3 Å². The molecule has 0 saturated carbocycles. The topological polar surface area (TPSA) is 37.3 Å². The average molecular weight is 115 g/mol. The zero-order valence-corrected chi connectivity index (χ0v) is 5.22. The highest BCUT2D eigenvalue weighted by Crippen LogP contribution is 2.00. The molecule has 2 unspecified atom stereocenters. The SMILES string of the molecule is CC(O)CC(C)[C]=O. The molecule has 1 N–H and O–H groups in total. The third kappa shape index (κ3) is 3.81. The maximum Gasteiger partial charge on any atom is 0.201 e. The molecule has 0 saturated heterocycles. The van der Waals surface area contributed by atoms with Crippen molar-refractivity contribution in [2.45, 2.75) is 26.4 Å². The summed E-state index contributed by atoms with van der Waals surface area (Å²) < 4.78 is 0. The second kappa shape index (κ2) is 3.61. The summed E-state index contributed by atoms with van der Waals surface area (Å²) in [5.74, 6) is -0.130. The molecule has 0 fully saturated rings. The highest BCUT2D eigenvalue weighted by molar-refractivity contribution is 5.53. The second-order valence-corrected chi connectivity index (χ2v) is 2.10. The van der Waals surface area contributed by atoms with Gasteiger partial charge in [0, 0.05) is 5.92 Å². The number of aliphatic hydroxyl groups is 1. The predicted octanol–water partition coefficient (Wildman–Crippen LogP) is 0.503. The van der Waals surface area contributed by atoms with Crippen LogP contribution in [0.4, 0.5) is 0 Å². The summed E-state index contributed by atoms with van der Waals surface area (Å²) >= 11 is 0. The van der Waals surface area contributed by atoms with Crippen LogP contribution in [0.2, 0.25) is 0 Å². The van der Waals surface area contributed by atoms with Crippen molar-refractivity contribution in [3.8, 4) is 0 Å². The summed E-state index contributed by atoms with van der Waals surface area (Å²) in [4.78, 5) is 9.80. The molecule has 8 heavy (non-hydrogen) atoms. The van der Waals surface area contributed by atoms with E-state index >= 15 is 0 Å². The normalized spacial score (nSPS) is 17.4. The molecular weight excluding hydrogens is 104 g/mol.